The normalized spacial score (nSPS) is 29.9. The molecule has 0 spiro atoms. The van der Waals surface area contributed by atoms with Gasteiger partial charge in [-0.05, 0) is 13.0 Å². The Balaban J connectivity index is 2.57. The second-order valence-electron chi connectivity index (χ2n) is 5.93. The van der Waals surface area contributed by atoms with Gasteiger partial charge >= 0.3 is 12.1 Å². The third-order valence-corrected chi connectivity index (χ3v) is 4.60. The van der Waals surface area contributed by atoms with Gasteiger partial charge in [-0.25, -0.2) is 18.6 Å². The topological polar surface area (TPSA) is 68.7 Å². The first-order valence-electron chi connectivity index (χ1n) is 7.24. The molecule has 5 nitrogen and oxygen atoms in total. The van der Waals surface area contributed by atoms with Gasteiger partial charge in [-0.1, -0.05) is 13.0 Å². The summed E-state index contributed by atoms with van der Waals surface area (Å²) < 4.78 is 75.5. The Bertz CT molecular complexity index is 666. The first kappa shape index (κ1) is 19.4. The van der Waals surface area contributed by atoms with E-state index in [4.69, 9.17) is 9.47 Å². The van der Waals surface area contributed by atoms with Crippen LogP contribution in [-0.2, 0) is 9.53 Å². The van der Waals surface area contributed by atoms with Crippen molar-refractivity contribution in [3.8, 4) is 5.88 Å². The van der Waals surface area contributed by atoms with E-state index in [2.05, 4.69) is 4.98 Å². The van der Waals surface area contributed by atoms with E-state index in [1.165, 1.54) is 6.92 Å². The summed E-state index contributed by atoms with van der Waals surface area (Å²) in [5, 5.41) is 9.29. The third kappa shape index (κ3) is 3.14. The molecule has 10 heteroatoms. The molecular weight excluding hydrogens is 353 g/mol. The Morgan fingerprint density at radius 2 is 2.00 bits per heavy atom. The zero-order valence-corrected chi connectivity index (χ0v) is 13.5. The maximum atomic E-state index is 13.4. The van der Waals surface area contributed by atoms with E-state index < -0.39 is 47.8 Å². The molecule has 0 aliphatic carbocycles. The quantitative estimate of drug-likeness (QED) is 0.822. The molecule has 0 bridgehead atoms. The minimum absolute atomic E-state index is 0.0280. The highest BCUT2D eigenvalue weighted by molar-refractivity contribution is 5.75. The van der Waals surface area contributed by atoms with Gasteiger partial charge in [-0.2, -0.15) is 13.2 Å². The molecule has 4 unspecified atom stereocenters. The number of methoxy groups -OCH3 is 1. The summed E-state index contributed by atoms with van der Waals surface area (Å²) in [6.07, 6.45) is -9.55. The SMILES string of the molecule is COc1nc(C(F)F)ccc1C1C(C(=O)O)OC(C)(C(F)(F)F)C1C. The summed E-state index contributed by atoms with van der Waals surface area (Å²) in [4.78, 5) is 15.0. The average Bonchev–Trinajstić information content (AvgIpc) is 2.79. The van der Waals surface area contributed by atoms with Gasteiger partial charge < -0.3 is 14.6 Å². The summed E-state index contributed by atoms with van der Waals surface area (Å²) in [6.45, 7) is 1.96. The van der Waals surface area contributed by atoms with Crippen molar-refractivity contribution in [3.05, 3.63) is 23.4 Å². The lowest BCUT2D eigenvalue weighted by atomic mass is 9.77. The van der Waals surface area contributed by atoms with Crippen molar-refractivity contribution in [2.24, 2.45) is 5.92 Å². The van der Waals surface area contributed by atoms with Gasteiger partial charge in [0.25, 0.3) is 6.43 Å². The fourth-order valence-corrected chi connectivity index (χ4v) is 3.01. The zero-order valence-electron chi connectivity index (χ0n) is 13.5. The predicted octanol–water partition coefficient (Wildman–Crippen LogP) is 3.55. The molecule has 1 aromatic heterocycles. The van der Waals surface area contributed by atoms with Gasteiger partial charge in [-0.3, -0.25) is 0 Å². The number of carboxylic acids is 1. The minimum atomic E-state index is -4.82. The fraction of sp³-hybridized carbons (Fsp3) is 0.600. The van der Waals surface area contributed by atoms with Gasteiger partial charge in [0.05, 0.1) is 7.11 Å². The number of aromatic nitrogens is 1. The van der Waals surface area contributed by atoms with Crippen LogP contribution in [0.1, 0.15) is 37.4 Å². The van der Waals surface area contributed by atoms with Crippen molar-refractivity contribution in [2.45, 2.75) is 44.1 Å². The second-order valence-corrected chi connectivity index (χ2v) is 5.93. The highest BCUT2D eigenvalue weighted by atomic mass is 19.4. The molecule has 0 radical (unpaired) electrons. The molecule has 2 rings (SSSR count). The number of alkyl halides is 5. The Morgan fingerprint density at radius 1 is 1.40 bits per heavy atom. The molecule has 1 saturated heterocycles. The molecule has 140 valence electrons. The van der Waals surface area contributed by atoms with E-state index >= 15 is 0 Å². The number of hydrogen-bond acceptors (Lipinski definition) is 4. The van der Waals surface area contributed by atoms with E-state index in [0.717, 1.165) is 26.2 Å². The van der Waals surface area contributed by atoms with E-state index in [9.17, 15) is 31.9 Å². The van der Waals surface area contributed by atoms with Crippen molar-refractivity contribution in [2.75, 3.05) is 7.11 Å². The number of carboxylic acid groups (broad SMARTS) is 1. The van der Waals surface area contributed by atoms with Gasteiger partial charge in [-0.15, -0.1) is 0 Å². The van der Waals surface area contributed by atoms with Crippen LogP contribution in [0, 0.1) is 5.92 Å². The Labute approximate surface area is 139 Å². The van der Waals surface area contributed by atoms with Crippen LogP contribution in [-0.4, -0.2) is 41.1 Å². The van der Waals surface area contributed by atoms with Gasteiger partial charge in [0.1, 0.15) is 5.69 Å². The van der Waals surface area contributed by atoms with Crippen LogP contribution in [0.4, 0.5) is 22.0 Å². The van der Waals surface area contributed by atoms with Crippen molar-refractivity contribution in [1.82, 2.24) is 4.98 Å². The maximum absolute atomic E-state index is 13.4. The Hall–Kier alpha value is -1.97. The highest BCUT2D eigenvalue weighted by Gasteiger charge is 2.66. The lowest BCUT2D eigenvalue weighted by Crippen LogP contribution is -2.47. The smallest absolute Gasteiger partial charge is 0.417 e. The number of carbonyl (C=O) groups is 1. The molecule has 1 aliphatic heterocycles. The number of nitrogens with zero attached hydrogens (tertiary/aromatic N) is 1. The highest BCUT2D eigenvalue weighted by Crippen LogP contribution is 2.54. The molecule has 1 N–H and O–H groups in total. The zero-order chi connectivity index (χ0) is 19.2. The molecule has 4 atom stereocenters. The van der Waals surface area contributed by atoms with Gasteiger partial charge in [0.15, 0.2) is 11.7 Å². The van der Waals surface area contributed by atoms with Crippen LogP contribution < -0.4 is 4.74 Å². The van der Waals surface area contributed by atoms with Gasteiger partial charge in [0, 0.05) is 17.4 Å². The van der Waals surface area contributed by atoms with Crippen LogP contribution in [0.25, 0.3) is 0 Å². The minimum Gasteiger partial charge on any atom is -0.481 e. The lowest BCUT2D eigenvalue weighted by molar-refractivity contribution is -0.273. The first-order chi connectivity index (χ1) is 11.4. The number of pyridine rings is 1. The van der Waals surface area contributed by atoms with Crippen LogP contribution >= 0.6 is 0 Å². The van der Waals surface area contributed by atoms with Crippen molar-refractivity contribution < 1.29 is 41.3 Å². The summed E-state index contributed by atoms with van der Waals surface area (Å²) in [5.74, 6) is -4.54. The molecule has 0 saturated carbocycles. The van der Waals surface area contributed by atoms with E-state index in [-0.39, 0.29) is 11.4 Å². The second kappa shape index (κ2) is 6.40. The number of halogens is 5. The molecular formula is C15H16F5NO4. The predicted molar refractivity (Wildman–Crippen MR) is 74.6 cm³/mol. The van der Waals surface area contributed by atoms with Crippen molar-refractivity contribution in [1.29, 1.82) is 0 Å². The van der Waals surface area contributed by atoms with Crippen LogP contribution in [0.3, 0.4) is 0 Å². The third-order valence-electron chi connectivity index (χ3n) is 4.60. The Kier molecular flexibility index (Phi) is 4.95. The average molecular weight is 369 g/mol. The summed E-state index contributed by atoms with van der Waals surface area (Å²) in [7, 11) is 1.11. The molecule has 25 heavy (non-hydrogen) atoms. The van der Waals surface area contributed by atoms with Crippen molar-refractivity contribution >= 4 is 5.97 Å². The van der Waals surface area contributed by atoms with Crippen molar-refractivity contribution in [3.63, 3.8) is 0 Å². The van der Waals surface area contributed by atoms with Crippen LogP contribution in [0.2, 0.25) is 0 Å². The standard InChI is InChI=1S/C15H16F5NO4/c1-6-9(7-4-5-8(11(16)17)21-12(7)24-3)10(13(22)23)25-14(6,2)15(18,19)20/h4-6,9-11H,1-3H3,(H,22,23). The molecule has 0 amide bonds. The summed E-state index contributed by atoms with van der Waals surface area (Å²) in [5.41, 5.74) is -3.37. The lowest BCUT2D eigenvalue weighted by Gasteiger charge is -2.31. The van der Waals surface area contributed by atoms with Gasteiger partial charge in [0.2, 0.25) is 5.88 Å². The number of ether oxygens (including phenoxy) is 2. The monoisotopic (exact) mass is 369 g/mol. The molecule has 1 aliphatic rings. The summed E-state index contributed by atoms with van der Waals surface area (Å²) in [6, 6.07) is 2.04. The van der Waals surface area contributed by atoms with E-state index in [1.807, 2.05) is 0 Å². The first-order valence-corrected chi connectivity index (χ1v) is 7.24. The largest absolute Gasteiger partial charge is 0.481 e. The number of hydrogen-bond donors (Lipinski definition) is 1. The maximum Gasteiger partial charge on any atom is 0.417 e. The molecule has 0 aromatic carbocycles. The Morgan fingerprint density at radius 3 is 2.44 bits per heavy atom. The summed E-state index contributed by atoms with van der Waals surface area (Å²) >= 11 is 0. The molecule has 1 fully saturated rings. The number of aliphatic carboxylic acids is 1. The van der Waals surface area contributed by atoms with Crippen LogP contribution in [0.15, 0.2) is 12.1 Å². The molecule has 2 heterocycles. The van der Waals surface area contributed by atoms with E-state index in [1.54, 1.807) is 0 Å². The van der Waals surface area contributed by atoms with E-state index in [0.29, 0.717) is 0 Å². The fourth-order valence-electron chi connectivity index (χ4n) is 3.01. The number of rotatable bonds is 4. The van der Waals surface area contributed by atoms with Crippen LogP contribution in [0.5, 0.6) is 5.88 Å². The molecule has 1 aromatic rings.